The molecule has 0 atom stereocenters. The molecule has 164 valence electrons. The van der Waals surface area contributed by atoms with Gasteiger partial charge in [-0.1, -0.05) is 56.8 Å². The van der Waals surface area contributed by atoms with Crippen LogP contribution in [-0.2, 0) is 4.79 Å². The van der Waals surface area contributed by atoms with Crippen LogP contribution >= 0.6 is 50.7 Å². The first-order chi connectivity index (χ1) is 15.3. The number of carbonyl (C=O) groups excluding carboxylic acids is 2. The van der Waals surface area contributed by atoms with E-state index in [1.165, 1.54) is 6.21 Å². The van der Waals surface area contributed by atoms with Gasteiger partial charge >= 0.3 is 5.97 Å². The van der Waals surface area contributed by atoms with E-state index >= 15 is 0 Å². The molecule has 32 heavy (non-hydrogen) atoms. The fourth-order valence-electron chi connectivity index (χ4n) is 2.40. The Balaban J connectivity index is 1.63. The van der Waals surface area contributed by atoms with E-state index in [4.69, 9.17) is 44.3 Å². The van der Waals surface area contributed by atoms with Crippen molar-refractivity contribution in [3.05, 3.63) is 91.3 Å². The van der Waals surface area contributed by atoms with Gasteiger partial charge in [0.25, 0.3) is 5.91 Å². The molecule has 6 nitrogen and oxygen atoms in total. The molecule has 3 rings (SSSR count). The summed E-state index contributed by atoms with van der Waals surface area (Å²) in [5, 5.41) is 4.94. The zero-order valence-electron chi connectivity index (χ0n) is 16.2. The minimum absolute atomic E-state index is 0.215. The van der Waals surface area contributed by atoms with Crippen molar-refractivity contribution >= 4 is 68.8 Å². The lowest BCUT2D eigenvalue weighted by atomic mass is 10.2. The third-order valence-corrected chi connectivity index (χ3v) is 5.47. The van der Waals surface area contributed by atoms with E-state index in [0.717, 1.165) is 4.47 Å². The summed E-state index contributed by atoms with van der Waals surface area (Å²) < 4.78 is 11.5. The van der Waals surface area contributed by atoms with Crippen molar-refractivity contribution in [2.45, 2.75) is 0 Å². The van der Waals surface area contributed by atoms with Crippen LogP contribution in [-0.4, -0.2) is 24.7 Å². The predicted octanol–water partition coefficient (Wildman–Crippen LogP) is 6.16. The molecular formula is C22H14BrCl3N2O4. The van der Waals surface area contributed by atoms with Gasteiger partial charge in [-0.15, -0.1) is 0 Å². The molecule has 0 spiro atoms. The van der Waals surface area contributed by atoms with Crippen molar-refractivity contribution in [3.8, 4) is 11.5 Å². The van der Waals surface area contributed by atoms with Crippen LogP contribution < -0.4 is 14.9 Å². The van der Waals surface area contributed by atoms with E-state index in [1.54, 1.807) is 60.7 Å². The number of nitrogens with zero attached hydrogens (tertiary/aromatic N) is 1. The molecule has 1 N–H and O–H groups in total. The van der Waals surface area contributed by atoms with Crippen LogP contribution in [0.1, 0.15) is 15.9 Å². The van der Waals surface area contributed by atoms with Gasteiger partial charge in [-0.25, -0.2) is 10.2 Å². The molecule has 0 aromatic heterocycles. The largest absolute Gasteiger partial charge is 0.482 e. The number of halogens is 4. The van der Waals surface area contributed by atoms with E-state index in [9.17, 15) is 9.59 Å². The van der Waals surface area contributed by atoms with Crippen molar-refractivity contribution in [2.24, 2.45) is 5.10 Å². The van der Waals surface area contributed by atoms with E-state index in [1.807, 2.05) is 0 Å². The molecule has 0 radical (unpaired) electrons. The number of nitrogens with one attached hydrogen (secondary N) is 1. The molecule has 3 aromatic carbocycles. The lowest BCUT2D eigenvalue weighted by molar-refractivity contribution is -0.123. The summed E-state index contributed by atoms with van der Waals surface area (Å²) in [5.41, 5.74) is 3.13. The Morgan fingerprint density at radius 2 is 1.75 bits per heavy atom. The lowest BCUT2D eigenvalue weighted by Gasteiger charge is -2.09. The Morgan fingerprint density at radius 3 is 2.50 bits per heavy atom. The van der Waals surface area contributed by atoms with Crippen LogP contribution in [0.3, 0.4) is 0 Å². The minimum Gasteiger partial charge on any atom is -0.482 e. The molecule has 0 unspecified atom stereocenters. The third kappa shape index (κ3) is 6.71. The average Bonchev–Trinajstić information content (AvgIpc) is 2.77. The molecule has 0 aliphatic carbocycles. The fraction of sp³-hybridized carbons (Fsp3) is 0.0455. The van der Waals surface area contributed by atoms with E-state index in [0.29, 0.717) is 21.2 Å². The number of hydrogen-bond donors (Lipinski definition) is 1. The van der Waals surface area contributed by atoms with E-state index < -0.39 is 11.9 Å². The van der Waals surface area contributed by atoms with Crippen molar-refractivity contribution in [1.29, 1.82) is 0 Å². The first-order valence-electron chi connectivity index (χ1n) is 8.99. The number of carbonyl (C=O) groups is 2. The van der Waals surface area contributed by atoms with Gasteiger partial charge in [-0.3, -0.25) is 4.79 Å². The maximum atomic E-state index is 12.4. The molecular weight excluding hydrogens is 543 g/mol. The SMILES string of the molecule is O=C(COc1cccc(Cl)c1Cl)N/N=C\c1cc(Br)ccc1OC(=O)c1ccc(Cl)cc1. The predicted molar refractivity (Wildman–Crippen MR) is 128 cm³/mol. The molecule has 0 bridgehead atoms. The zero-order valence-corrected chi connectivity index (χ0v) is 20.0. The highest BCUT2D eigenvalue weighted by atomic mass is 79.9. The van der Waals surface area contributed by atoms with Crippen LogP contribution in [0.4, 0.5) is 0 Å². The quantitative estimate of drug-likeness (QED) is 0.164. The highest BCUT2D eigenvalue weighted by molar-refractivity contribution is 9.10. The van der Waals surface area contributed by atoms with Gasteiger partial charge in [0, 0.05) is 15.1 Å². The Bertz CT molecular complexity index is 1170. The van der Waals surface area contributed by atoms with E-state index in [-0.39, 0.29) is 23.1 Å². The fourth-order valence-corrected chi connectivity index (χ4v) is 3.25. The number of benzene rings is 3. The summed E-state index contributed by atoms with van der Waals surface area (Å²) in [5.74, 6) is -0.545. The van der Waals surface area contributed by atoms with Crippen LogP contribution in [0.15, 0.2) is 70.2 Å². The summed E-state index contributed by atoms with van der Waals surface area (Å²) in [6.07, 6.45) is 1.35. The number of hydrogen-bond acceptors (Lipinski definition) is 5. The highest BCUT2D eigenvalue weighted by Gasteiger charge is 2.12. The molecule has 10 heteroatoms. The first kappa shape index (κ1) is 24.1. The Kier molecular flexibility index (Phi) is 8.53. The van der Waals surface area contributed by atoms with Gasteiger partial charge in [-0.05, 0) is 54.6 Å². The summed E-state index contributed by atoms with van der Waals surface area (Å²) in [7, 11) is 0. The van der Waals surface area contributed by atoms with Crippen LogP contribution in [0.5, 0.6) is 11.5 Å². The highest BCUT2D eigenvalue weighted by Crippen LogP contribution is 2.31. The van der Waals surface area contributed by atoms with Crippen molar-refractivity contribution in [3.63, 3.8) is 0 Å². The van der Waals surface area contributed by atoms with Crippen molar-refractivity contribution in [2.75, 3.05) is 6.61 Å². The Morgan fingerprint density at radius 1 is 1.00 bits per heavy atom. The second-order valence-corrected chi connectivity index (χ2v) is 8.35. The summed E-state index contributed by atoms with van der Waals surface area (Å²) >= 11 is 21.1. The maximum Gasteiger partial charge on any atom is 0.343 e. The molecule has 0 saturated carbocycles. The van der Waals surface area contributed by atoms with Gasteiger partial charge in [-0.2, -0.15) is 5.10 Å². The average molecular weight is 557 g/mol. The third-order valence-electron chi connectivity index (χ3n) is 3.92. The molecule has 1 amide bonds. The van der Waals surface area contributed by atoms with Gasteiger partial charge in [0.2, 0.25) is 0 Å². The number of amides is 1. The summed E-state index contributed by atoms with van der Waals surface area (Å²) in [6, 6.07) is 16.2. The first-order valence-corrected chi connectivity index (χ1v) is 10.9. The van der Waals surface area contributed by atoms with Crippen molar-refractivity contribution < 1.29 is 19.1 Å². The summed E-state index contributed by atoms with van der Waals surface area (Å²) in [6.45, 7) is -0.325. The van der Waals surface area contributed by atoms with Crippen molar-refractivity contribution in [1.82, 2.24) is 5.43 Å². The van der Waals surface area contributed by atoms with Crippen LogP contribution in [0.2, 0.25) is 15.1 Å². The van der Waals surface area contributed by atoms with Gasteiger partial charge in [0.15, 0.2) is 6.61 Å². The normalized spacial score (nSPS) is 10.8. The number of hydrazone groups is 1. The Labute approximate surface area is 207 Å². The lowest BCUT2D eigenvalue weighted by Crippen LogP contribution is -2.24. The molecule has 0 aliphatic heterocycles. The second-order valence-electron chi connectivity index (χ2n) is 6.21. The van der Waals surface area contributed by atoms with Gasteiger partial charge < -0.3 is 9.47 Å². The summed E-state index contributed by atoms with van der Waals surface area (Å²) in [4.78, 5) is 24.4. The van der Waals surface area contributed by atoms with E-state index in [2.05, 4.69) is 26.5 Å². The minimum atomic E-state index is -0.561. The smallest absolute Gasteiger partial charge is 0.343 e. The zero-order chi connectivity index (χ0) is 23.1. The second kappa shape index (κ2) is 11.3. The van der Waals surface area contributed by atoms with Gasteiger partial charge in [0.1, 0.15) is 16.5 Å². The molecule has 0 aliphatic rings. The van der Waals surface area contributed by atoms with Gasteiger partial charge in [0.05, 0.1) is 16.8 Å². The Hall–Kier alpha value is -2.58. The molecule has 0 saturated heterocycles. The van der Waals surface area contributed by atoms with Crippen LogP contribution in [0, 0.1) is 0 Å². The standard InChI is InChI=1S/C22H14BrCl3N2O4/c23-15-6-9-18(32-22(30)13-4-7-16(24)8-5-13)14(10-15)11-27-28-20(29)12-31-19-3-1-2-17(25)21(19)26/h1-11H,12H2,(H,28,29)/b27-11-. The van der Waals surface area contributed by atoms with Crippen LogP contribution in [0.25, 0.3) is 0 Å². The monoisotopic (exact) mass is 554 g/mol. The maximum absolute atomic E-state index is 12.4. The molecule has 0 heterocycles. The number of rotatable bonds is 7. The number of ether oxygens (including phenoxy) is 2. The number of esters is 1. The molecule has 3 aromatic rings. The topological polar surface area (TPSA) is 77.0 Å². The molecule has 0 fully saturated rings.